The number of rotatable bonds is 48. The number of ether oxygens (including phenoxy) is 2. The van der Waals surface area contributed by atoms with Crippen LogP contribution in [0.4, 0.5) is 0 Å². The highest BCUT2D eigenvalue weighted by molar-refractivity contribution is 7.47. The summed E-state index contributed by atoms with van der Waals surface area (Å²) in [5.41, 5.74) is 5.34. The van der Waals surface area contributed by atoms with E-state index in [0.29, 0.717) is 6.42 Å². The van der Waals surface area contributed by atoms with E-state index in [1.165, 1.54) is 103 Å². The van der Waals surface area contributed by atoms with Gasteiger partial charge < -0.3 is 20.1 Å². The van der Waals surface area contributed by atoms with Crippen molar-refractivity contribution in [3.05, 3.63) is 85.1 Å². The highest BCUT2D eigenvalue weighted by Gasteiger charge is 2.26. The van der Waals surface area contributed by atoms with Crippen LogP contribution < -0.4 is 5.73 Å². The number of phosphoric ester groups is 1. The molecule has 0 amide bonds. The lowest BCUT2D eigenvalue weighted by atomic mass is 10.0. The summed E-state index contributed by atoms with van der Waals surface area (Å²) >= 11 is 0. The molecule has 0 aromatic rings. The van der Waals surface area contributed by atoms with E-state index in [0.717, 1.165) is 83.5 Å². The SMILES string of the molecule is CC/C=C\C/C=C\C/C=C\C/C=C\C/C=C\C/C=C\C/C=C\CCCCCCCCCCCCCCCCCC(=O)OC(COC(=O)CCCCCCCCC)COP(=O)(O)OCCN. The standard InChI is InChI=1S/C55H96NO8P/c1-3-5-7-9-11-12-13-14-15-16-17-18-19-20-21-22-23-24-25-26-27-28-29-30-31-32-33-34-35-36-37-38-39-40-42-44-46-48-55(58)64-53(52-63-65(59,60)62-50-49-56)51-61-54(57)47-45-43-41-10-8-6-4-2/h5,7,11-12,14-15,17-18,20-21,23-24,26-27,53H,3-4,6,8-10,13,16,19,22,25,28-52,56H2,1-2H3,(H,59,60)/b7-5-,12-11-,15-14-,18-17-,21-20-,24-23-,27-26-. The summed E-state index contributed by atoms with van der Waals surface area (Å²) in [6.07, 6.45) is 65.3. The minimum absolute atomic E-state index is 0.0521. The molecule has 0 aliphatic rings. The van der Waals surface area contributed by atoms with E-state index in [1.54, 1.807) is 0 Å². The second-order valence-corrected chi connectivity index (χ2v) is 18.5. The molecular formula is C55H96NO8P. The van der Waals surface area contributed by atoms with Crippen LogP contribution >= 0.6 is 7.82 Å². The summed E-state index contributed by atoms with van der Waals surface area (Å²) < 4.78 is 32.7. The summed E-state index contributed by atoms with van der Waals surface area (Å²) in [4.78, 5) is 34.8. The van der Waals surface area contributed by atoms with Gasteiger partial charge in [0.1, 0.15) is 6.61 Å². The van der Waals surface area contributed by atoms with Crippen LogP contribution in [0.5, 0.6) is 0 Å². The molecule has 0 rings (SSSR count). The van der Waals surface area contributed by atoms with Gasteiger partial charge in [0.25, 0.3) is 0 Å². The van der Waals surface area contributed by atoms with E-state index in [1.807, 2.05) is 0 Å². The molecule has 9 nitrogen and oxygen atoms in total. The second kappa shape index (κ2) is 50.6. The van der Waals surface area contributed by atoms with Crippen LogP contribution in [0.3, 0.4) is 0 Å². The third-order valence-corrected chi connectivity index (χ3v) is 11.8. The molecule has 65 heavy (non-hydrogen) atoms. The molecule has 2 unspecified atom stereocenters. The van der Waals surface area contributed by atoms with E-state index in [4.69, 9.17) is 24.3 Å². The summed E-state index contributed by atoms with van der Waals surface area (Å²) in [5, 5.41) is 0. The first-order valence-electron chi connectivity index (χ1n) is 26.1. The quantitative estimate of drug-likeness (QED) is 0.0265. The smallest absolute Gasteiger partial charge is 0.462 e. The Morgan fingerprint density at radius 2 is 0.846 bits per heavy atom. The minimum Gasteiger partial charge on any atom is -0.462 e. The van der Waals surface area contributed by atoms with Gasteiger partial charge in [-0.3, -0.25) is 18.6 Å². The fourth-order valence-electron chi connectivity index (χ4n) is 6.97. The van der Waals surface area contributed by atoms with Crippen LogP contribution in [0.25, 0.3) is 0 Å². The van der Waals surface area contributed by atoms with Crippen LogP contribution in [0.1, 0.15) is 219 Å². The third kappa shape index (κ3) is 50.4. The molecule has 0 saturated heterocycles. The van der Waals surface area contributed by atoms with Crippen molar-refractivity contribution in [3.8, 4) is 0 Å². The predicted octanol–water partition coefficient (Wildman–Crippen LogP) is 16.0. The number of esters is 2. The Labute approximate surface area is 398 Å². The molecular weight excluding hydrogens is 834 g/mol. The van der Waals surface area contributed by atoms with Gasteiger partial charge in [-0.1, -0.05) is 221 Å². The first-order valence-corrected chi connectivity index (χ1v) is 27.6. The van der Waals surface area contributed by atoms with Crippen LogP contribution in [0.15, 0.2) is 85.1 Å². The van der Waals surface area contributed by atoms with Gasteiger partial charge in [0.2, 0.25) is 0 Å². The maximum atomic E-state index is 12.6. The van der Waals surface area contributed by atoms with Crippen LogP contribution in [-0.4, -0.2) is 49.3 Å². The summed E-state index contributed by atoms with van der Waals surface area (Å²) in [5.74, 6) is -0.835. The Bertz CT molecular complexity index is 1340. The topological polar surface area (TPSA) is 134 Å². The molecule has 374 valence electrons. The molecule has 0 radical (unpaired) electrons. The van der Waals surface area contributed by atoms with Crippen LogP contribution in [0, 0.1) is 0 Å². The average molecular weight is 930 g/mol. The Hall–Kier alpha value is -2.81. The largest absolute Gasteiger partial charge is 0.472 e. The summed E-state index contributed by atoms with van der Waals surface area (Å²) in [6, 6.07) is 0. The van der Waals surface area contributed by atoms with Crippen molar-refractivity contribution in [1.29, 1.82) is 0 Å². The van der Waals surface area contributed by atoms with E-state index < -0.39 is 26.5 Å². The van der Waals surface area contributed by atoms with Gasteiger partial charge in [-0.05, 0) is 70.6 Å². The first kappa shape index (κ1) is 62.2. The fourth-order valence-corrected chi connectivity index (χ4v) is 7.73. The van der Waals surface area contributed by atoms with Gasteiger partial charge in [0.15, 0.2) is 6.10 Å². The molecule has 0 aliphatic carbocycles. The molecule has 0 fully saturated rings. The highest BCUT2D eigenvalue weighted by Crippen LogP contribution is 2.43. The van der Waals surface area contributed by atoms with Gasteiger partial charge in [0.05, 0.1) is 13.2 Å². The lowest BCUT2D eigenvalue weighted by Gasteiger charge is -2.19. The van der Waals surface area contributed by atoms with Gasteiger partial charge in [0, 0.05) is 19.4 Å². The van der Waals surface area contributed by atoms with Crippen molar-refractivity contribution in [2.24, 2.45) is 5.73 Å². The van der Waals surface area contributed by atoms with Gasteiger partial charge >= 0.3 is 19.8 Å². The number of unbranched alkanes of at least 4 members (excludes halogenated alkanes) is 21. The predicted molar refractivity (Wildman–Crippen MR) is 275 cm³/mol. The van der Waals surface area contributed by atoms with E-state index >= 15 is 0 Å². The molecule has 0 aromatic carbocycles. The fraction of sp³-hybridized carbons (Fsp3) is 0.709. The highest BCUT2D eigenvalue weighted by atomic mass is 31.2. The lowest BCUT2D eigenvalue weighted by Crippen LogP contribution is -2.29. The zero-order valence-corrected chi connectivity index (χ0v) is 42.3. The van der Waals surface area contributed by atoms with E-state index in [2.05, 4.69) is 98.9 Å². The normalized spacial score (nSPS) is 13.8. The Kier molecular flexibility index (Phi) is 48.4. The number of allylic oxidation sites excluding steroid dienone is 14. The van der Waals surface area contributed by atoms with Gasteiger partial charge in [-0.2, -0.15) is 0 Å². The number of hydrogen-bond donors (Lipinski definition) is 2. The maximum Gasteiger partial charge on any atom is 0.472 e. The van der Waals surface area contributed by atoms with Gasteiger partial charge in [-0.25, -0.2) is 4.57 Å². The van der Waals surface area contributed by atoms with Crippen molar-refractivity contribution in [1.82, 2.24) is 0 Å². The van der Waals surface area contributed by atoms with E-state index in [9.17, 15) is 19.0 Å². The average Bonchev–Trinajstić information content (AvgIpc) is 3.30. The Morgan fingerprint density at radius 1 is 0.477 bits per heavy atom. The second-order valence-electron chi connectivity index (χ2n) is 17.0. The molecule has 0 bridgehead atoms. The minimum atomic E-state index is -4.37. The zero-order chi connectivity index (χ0) is 47.4. The van der Waals surface area contributed by atoms with Crippen LogP contribution in [0.2, 0.25) is 0 Å². The number of hydrogen-bond acceptors (Lipinski definition) is 8. The summed E-state index contributed by atoms with van der Waals surface area (Å²) in [7, 11) is -4.37. The number of carbonyl (C=O) groups is 2. The lowest BCUT2D eigenvalue weighted by molar-refractivity contribution is -0.161. The maximum absolute atomic E-state index is 12.6. The molecule has 0 aliphatic heterocycles. The summed E-state index contributed by atoms with van der Waals surface area (Å²) in [6.45, 7) is 3.57. The Morgan fingerprint density at radius 3 is 1.26 bits per heavy atom. The monoisotopic (exact) mass is 930 g/mol. The molecule has 0 heterocycles. The van der Waals surface area contributed by atoms with Crippen molar-refractivity contribution in [2.45, 2.75) is 225 Å². The number of nitrogens with two attached hydrogens (primary N) is 1. The number of phosphoric acid groups is 1. The Balaban J connectivity index is 3.81. The third-order valence-electron chi connectivity index (χ3n) is 10.8. The zero-order valence-electron chi connectivity index (χ0n) is 41.4. The molecule has 0 spiro atoms. The van der Waals surface area contributed by atoms with Crippen molar-refractivity contribution < 1.29 is 37.6 Å². The molecule has 2 atom stereocenters. The van der Waals surface area contributed by atoms with Crippen molar-refractivity contribution in [3.63, 3.8) is 0 Å². The van der Waals surface area contributed by atoms with Gasteiger partial charge in [-0.15, -0.1) is 0 Å². The molecule has 0 saturated carbocycles. The molecule has 3 N–H and O–H groups in total. The molecule has 0 aromatic heterocycles. The van der Waals surface area contributed by atoms with Crippen LogP contribution in [-0.2, 0) is 32.7 Å². The first-order chi connectivity index (χ1) is 31.8. The molecule has 10 heteroatoms. The number of carbonyl (C=O) groups excluding carboxylic acids is 2. The van der Waals surface area contributed by atoms with Crippen molar-refractivity contribution in [2.75, 3.05) is 26.4 Å². The van der Waals surface area contributed by atoms with Crippen molar-refractivity contribution >= 4 is 19.8 Å². The van der Waals surface area contributed by atoms with E-state index in [-0.39, 0.29) is 38.6 Å².